The van der Waals surface area contributed by atoms with Gasteiger partial charge in [-0.3, -0.25) is 0 Å². The number of hydrogen-bond donors (Lipinski definition) is 0. The van der Waals surface area contributed by atoms with Gasteiger partial charge in [0.1, 0.15) is 11.5 Å². The van der Waals surface area contributed by atoms with Crippen molar-refractivity contribution in [1.82, 2.24) is 0 Å². The molecule has 1 unspecified atom stereocenters. The van der Waals surface area contributed by atoms with E-state index in [0.29, 0.717) is 0 Å². The molecule has 0 spiro atoms. The van der Waals surface area contributed by atoms with Crippen molar-refractivity contribution in [2.24, 2.45) is 5.92 Å². The Balaban J connectivity index is 2.00. The first kappa shape index (κ1) is 10.3. The van der Waals surface area contributed by atoms with Gasteiger partial charge in [-0.25, -0.2) is 0 Å². The zero-order chi connectivity index (χ0) is 10.7. The molecule has 0 fully saturated rings. The average molecular weight is 202 g/mol. The maximum absolute atomic E-state index is 5.82. The molecule has 0 amide bonds. The normalized spacial score (nSPS) is 20.9. The van der Waals surface area contributed by atoms with Gasteiger partial charge in [0, 0.05) is 6.42 Å². The van der Waals surface area contributed by atoms with Crippen LogP contribution in [0.3, 0.4) is 0 Å². The van der Waals surface area contributed by atoms with Crippen molar-refractivity contribution < 1.29 is 4.74 Å². The van der Waals surface area contributed by atoms with Crippen molar-refractivity contribution >= 4 is 0 Å². The number of hydrogen-bond acceptors (Lipinski definition) is 1. The second kappa shape index (κ2) is 4.52. The number of rotatable bonds is 2. The van der Waals surface area contributed by atoms with E-state index >= 15 is 0 Å². The number of aryl methyl sites for hydroxylation is 1. The summed E-state index contributed by atoms with van der Waals surface area (Å²) in [7, 11) is 0. The molecule has 1 aromatic carbocycles. The predicted octanol–water partition coefficient (Wildman–Crippen LogP) is 4.08. The van der Waals surface area contributed by atoms with E-state index in [2.05, 4.69) is 32.1 Å². The van der Waals surface area contributed by atoms with Crippen LogP contribution in [0.25, 0.3) is 0 Å². The van der Waals surface area contributed by atoms with Crippen LogP contribution in [-0.4, -0.2) is 0 Å². The Morgan fingerprint density at radius 1 is 1.20 bits per heavy atom. The largest absolute Gasteiger partial charge is 0.462 e. The van der Waals surface area contributed by atoms with Gasteiger partial charge in [0.15, 0.2) is 0 Å². The fraction of sp³-hybridized carbons (Fsp3) is 0.429. The SMILES string of the molecule is Cc1ccc(OC2=CCC(C)CC2)cc1. The summed E-state index contributed by atoms with van der Waals surface area (Å²) < 4.78 is 5.82. The van der Waals surface area contributed by atoms with Gasteiger partial charge in [0.25, 0.3) is 0 Å². The summed E-state index contributed by atoms with van der Waals surface area (Å²) in [5.74, 6) is 2.91. The molecular formula is C14H18O. The number of ether oxygens (including phenoxy) is 1. The Labute approximate surface area is 91.8 Å². The minimum atomic E-state index is 0.815. The van der Waals surface area contributed by atoms with Crippen LogP contribution in [0, 0.1) is 12.8 Å². The lowest BCUT2D eigenvalue weighted by molar-refractivity contribution is 0.358. The molecule has 0 aliphatic heterocycles. The van der Waals surface area contributed by atoms with E-state index in [1.54, 1.807) is 0 Å². The fourth-order valence-electron chi connectivity index (χ4n) is 1.79. The van der Waals surface area contributed by atoms with Crippen LogP contribution in [-0.2, 0) is 0 Å². The monoisotopic (exact) mass is 202 g/mol. The van der Waals surface area contributed by atoms with Crippen molar-refractivity contribution in [2.45, 2.75) is 33.1 Å². The molecule has 80 valence electrons. The van der Waals surface area contributed by atoms with Gasteiger partial charge in [-0.2, -0.15) is 0 Å². The quantitative estimate of drug-likeness (QED) is 0.702. The Kier molecular flexibility index (Phi) is 3.10. The molecule has 0 bridgehead atoms. The first-order valence-corrected chi connectivity index (χ1v) is 5.67. The lowest BCUT2D eigenvalue weighted by Gasteiger charge is -2.18. The molecule has 2 rings (SSSR count). The molecule has 0 saturated carbocycles. The van der Waals surface area contributed by atoms with Gasteiger partial charge in [-0.1, -0.05) is 24.6 Å². The lowest BCUT2D eigenvalue weighted by Crippen LogP contribution is -2.05. The summed E-state index contributed by atoms with van der Waals surface area (Å²) >= 11 is 0. The molecule has 1 aliphatic rings. The average Bonchev–Trinajstić information content (AvgIpc) is 2.25. The van der Waals surface area contributed by atoms with Crippen LogP contribution < -0.4 is 4.74 Å². The van der Waals surface area contributed by atoms with Crippen molar-refractivity contribution in [3.05, 3.63) is 41.7 Å². The van der Waals surface area contributed by atoms with E-state index < -0.39 is 0 Å². The maximum atomic E-state index is 5.82. The molecule has 0 saturated heterocycles. The van der Waals surface area contributed by atoms with Crippen LogP contribution in [0.2, 0.25) is 0 Å². The van der Waals surface area contributed by atoms with Crippen LogP contribution in [0.1, 0.15) is 31.7 Å². The van der Waals surface area contributed by atoms with Crippen molar-refractivity contribution in [3.63, 3.8) is 0 Å². The standard InChI is InChI=1S/C14H18O/c1-11-3-7-13(8-4-11)15-14-9-5-12(2)6-10-14/h3-4,7-9,12H,5-6,10H2,1-2H3. The van der Waals surface area contributed by atoms with Crippen molar-refractivity contribution in [2.75, 3.05) is 0 Å². The molecule has 1 aromatic rings. The summed E-state index contributed by atoms with van der Waals surface area (Å²) in [5.41, 5.74) is 1.27. The highest BCUT2D eigenvalue weighted by atomic mass is 16.5. The Hall–Kier alpha value is -1.24. The summed E-state index contributed by atoms with van der Waals surface area (Å²) in [6.45, 7) is 4.38. The van der Waals surface area contributed by atoms with Crippen LogP contribution in [0.5, 0.6) is 5.75 Å². The molecule has 1 heteroatoms. The van der Waals surface area contributed by atoms with E-state index in [9.17, 15) is 0 Å². The lowest BCUT2D eigenvalue weighted by atomic mass is 9.95. The Bertz CT molecular complexity index is 348. The van der Waals surface area contributed by atoms with Crippen LogP contribution in [0.4, 0.5) is 0 Å². The Morgan fingerprint density at radius 2 is 1.93 bits per heavy atom. The summed E-state index contributed by atoms with van der Waals surface area (Å²) in [6, 6.07) is 8.24. The first-order valence-electron chi connectivity index (χ1n) is 5.67. The second-order valence-electron chi connectivity index (χ2n) is 4.47. The smallest absolute Gasteiger partial charge is 0.126 e. The number of benzene rings is 1. The first-order chi connectivity index (χ1) is 7.24. The minimum Gasteiger partial charge on any atom is -0.462 e. The molecule has 1 atom stereocenters. The second-order valence-corrected chi connectivity index (χ2v) is 4.47. The maximum Gasteiger partial charge on any atom is 0.126 e. The number of allylic oxidation sites excluding steroid dienone is 2. The van der Waals surface area contributed by atoms with E-state index in [1.165, 1.54) is 12.0 Å². The zero-order valence-corrected chi connectivity index (χ0v) is 9.49. The van der Waals surface area contributed by atoms with E-state index in [-0.39, 0.29) is 0 Å². The molecule has 0 heterocycles. The molecule has 0 N–H and O–H groups in total. The summed E-state index contributed by atoms with van der Waals surface area (Å²) in [5, 5.41) is 0. The molecule has 0 radical (unpaired) electrons. The van der Waals surface area contributed by atoms with Crippen molar-refractivity contribution in [1.29, 1.82) is 0 Å². The molecular weight excluding hydrogens is 184 g/mol. The van der Waals surface area contributed by atoms with Gasteiger partial charge in [-0.05, 0) is 43.9 Å². The highest BCUT2D eigenvalue weighted by molar-refractivity contribution is 5.28. The summed E-state index contributed by atoms with van der Waals surface area (Å²) in [4.78, 5) is 0. The summed E-state index contributed by atoms with van der Waals surface area (Å²) in [6.07, 6.45) is 5.71. The Morgan fingerprint density at radius 3 is 2.53 bits per heavy atom. The van der Waals surface area contributed by atoms with Crippen LogP contribution >= 0.6 is 0 Å². The fourth-order valence-corrected chi connectivity index (χ4v) is 1.79. The topological polar surface area (TPSA) is 9.23 Å². The van der Waals surface area contributed by atoms with E-state index in [0.717, 1.165) is 30.3 Å². The third-order valence-electron chi connectivity index (χ3n) is 2.90. The van der Waals surface area contributed by atoms with Gasteiger partial charge in [-0.15, -0.1) is 0 Å². The highest BCUT2D eigenvalue weighted by Gasteiger charge is 2.11. The van der Waals surface area contributed by atoms with Gasteiger partial charge in [0.2, 0.25) is 0 Å². The van der Waals surface area contributed by atoms with Crippen molar-refractivity contribution in [3.8, 4) is 5.75 Å². The highest BCUT2D eigenvalue weighted by Crippen LogP contribution is 2.25. The minimum absolute atomic E-state index is 0.815. The zero-order valence-electron chi connectivity index (χ0n) is 9.49. The van der Waals surface area contributed by atoms with Crippen LogP contribution in [0.15, 0.2) is 36.1 Å². The van der Waals surface area contributed by atoms with Gasteiger partial charge >= 0.3 is 0 Å². The molecule has 15 heavy (non-hydrogen) atoms. The van der Waals surface area contributed by atoms with Gasteiger partial charge in [0.05, 0.1) is 0 Å². The predicted molar refractivity (Wildman–Crippen MR) is 62.9 cm³/mol. The van der Waals surface area contributed by atoms with E-state index in [4.69, 9.17) is 4.74 Å². The third-order valence-corrected chi connectivity index (χ3v) is 2.90. The molecule has 1 nitrogen and oxygen atoms in total. The van der Waals surface area contributed by atoms with E-state index in [1.807, 2.05) is 12.1 Å². The molecule has 1 aliphatic carbocycles. The molecule has 0 aromatic heterocycles. The third kappa shape index (κ3) is 2.85. The van der Waals surface area contributed by atoms with Gasteiger partial charge < -0.3 is 4.74 Å².